The molecular weight excluding hydrogens is 402 g/mol. The summed E-state index contributed by atoms with van der Waals surface area (Å²) in [4.78, 5) is 23.6. The van der Waals surface area contributed by atoms with Crippen LogP contribution in [0, 0.1) is 0 Å². The molecule has 0 unspecified atom stereocenters. The molecule has 0 fully saturated rings. The average Bonchev–Trinajstić information content (AvgIpc) is 2.70. The highest BCUT2D eigenvalue weighted by atomic mass is 35.5. The molecule has 0 spiro atoms. The van der Waals surface area contributed by atoms with E-state index in [9.17, 15) is 9.59 Å². The molecule has 0 heterocycles. The van der Waals surface area contributed by atoms with Crippen LogP contribution in [0.25, 0.3) is 6.08 Å². The Hall–Kier alpha value is -3.10. The number of nitrogens with one attached hydrogen (secondary N) is 3. The van der Waals surface area contributed by atoms with Gasteiger partial charge in [0.05, 0.1) is 12.1 Å². The van der Waals surface area contributed by atoms with Crippen molar-refractivity contribution in [2.75, 3.05) is 13.7 Å². The van der Waals surface area contributed by atoms with Crippen molar-refractivity contribution in [1.29, 1.82) is 0 Å². The highest BCUT2D eigenvalue weighted by molar-refractivity contribution is 7.80. The van der Waals surface area contributed by atoms with Gasteiger partial charge in [-0.15, -0.1) is 0 Å². The van der Waals surface area contributed by atoms with Gasteiger partial charge in [0.2, 0.25) is 5.91 Å². The maximum absolute atomic E-state index is 11.8. The van der Waals surface area contributed by atoms with Crippen molar-refractivity contribution >= 4 is 46.8 Å². The van der Waals surface area contributed by atoms with Crippen LogP contribution in [-0.2, 0) is 9.59 Å². The minimum atomic E-state index is -0.495. The minimum Gasteiger partial charge on any atom is -0.497 e. The number of rotatable bonds is 6. The first-order chi connectivity index (χ1) is 13.5. The second-order valence-corrected chi connectivity index (χ2v) is 6.13. The summed E-state index contributed by atoms with van der Waals surface area (Å²) in [5, 5.41) is 2.74. The fourth-order valence-corrected chi connectivity index (χ4v) is 2.28. The number of hydrazine groups is 1. The number of para-hydroxylation sites is 1. The van der Waals surface area contributed by atoms with Crippen LogP contribution in [0.15, 0.2) is 54.6 Å². The zero-order valence-electron chi connectivity index (χ0n) is 14.9. The van der Waals surface area contributed by atoms with Gasteiger partial charge in [-0.25, -0.2) is 0 Å². The molecule has 2 amide bonds. The fourth-order valence-electron chi connectivity index (χ4n) is 1.94. The van der Waals surface area contributed by atoms with Gasteiger partial charge in [-0.05, 0) is 48.1 Å². The first-order valence-corrected chi connectivity index (χ1v) is 8.86. The molecule has 0 aliphatic carbocycles. The number of benzene rings is 2. The molecule has 0 bridgehead atoms. The number of amides is 2. The number of thiocarbonyl (C=S) groups is 1. The lowest BCUT2D eigenvalue weighted by molar-refractivity contribution is -0.123. The van der Waals surface area contributed by atoms with Gasteiger partial charge in [0, 0.05) is 6.08 Å². The molecule has 3 N–H and O–H groups in total. The zero-order chi connectivity index (χ0) is 20.4. The molecule has 0 aliphatic rings. The molecule has 2 aromatic rings. The summed E-state index contributed by atoms with van der Waals surface area (Å²) in [7, 11) is 1.58. The minimum absolute atomic E-state index is 0.0597. The van der Waals surface area contributed by atoms with Crippen molar-refractivity contribution in [2.45, 2.75) is 0 Å². The predicted octanol–water partition coefficient (Wildman–Crippen LogP) is 2.46. The van der Waals surface area contributed by atoms with Crippen molar-refractivity contribution in [1.82, 2.24) is 16.2 Å². The van der Waals surface area contributed by atoms with E-state index in [1.54, 1.807) is 61.7 Å². The molecule has 0 aliphatic heterocycles. The van der Waals surface area contributed by atoms with Gasteiger partial charge in [0.1, 0.15) is 11.5 Å². The van der Waals surface area contributed by atoms with Crippen molar-refractivity contribution < 1.29 is 19.1 Å². The van der Waals surface area contributed by atoms with E-state index in [1.165, 1.54) is 6.08 Å². The summed E-state index contributed by atoms with van der Waals surface area (Å²) in [5.74, 6) is 0.167. The van der Waals surface area contributed by atoms with Gasteiger partial charge in [0.25, 0.3) is 5.91 Å². The van der Waals surface area contributed by atoms with Gasteiger partial charge in [-0.1, -0.05) is 35.9 Å². The largest absolute Gasteiger partial charge is 0.497 e. The SMILES string of the molecule is COc1ccc(/C=C/C(=O)NC(=S)NNC(=O)COc2ccccc2Cl)cc1. The van der Waals surface area contributed by atoms with Crippen molar-refractivity contribution in [2.24, 2.45) is 0 Å². The number of hydrogen-bond donors (Lipinski definition) is 3. The molecular formula is C19H18ClN3O4S. The third-order valence-electron chi connectivity index (χ3n) is 3.29. The van der Waals surface area contributed by atoms with Crippen LogP contribution in [0.3, 0.4) is 0 Å². The Morgan fingerprint density at radius 2 is 1.82 bits per heavy atom. The number of ether oxygens (including phenoxy) is 2. The summed E-state index contributed by atoms with van der Waals surface area (Å²) in [5.41, 5.74) is 5.55. The van der Waals surface area contributed by atoms with E-state index < -0.39 is 11.8 Å². The highest BCUT2D eigenvalue weighted by Gasteiger charge is 2.06. The van der Waals surface area contributed by atoms with Crippen LogP contribution >= 0.6 is 23.8 Å². The molecule has 0 atom stereocenters. The Bertz CT molecular complexity index is 872. The van der Waals surface area contributed by atoms with E-state index in [-0.39, 0.29) is 11.7 Å². The summed E-state index contributed by atoms with van der Waals surface area (Å²) in [6.45, 7) is -0.273. The first kappa shape index (κ1) is 21.2. The molecule has 2 rings (SSSR count). The van der Waals surface area contributed by atoms with E-state index in [0.717, 1.165) is 11.3 Å². The Kier molecular flexibility index (Phi) is 8.26. The summed E-state index contributed by atoms with van der Waals surface area (Å²) < 4.78 is 10.3. The quantitative estimate of drug-likeness (QED) is 0.378. The van der Waals surface area contributed by atoms with Gasteiger partial charge < -0.3 is 9.47 Å². The van der Waals surface area contributed by atoms with E-state index in [2.05, 4.69) is 16.2 Å². The summed E-state index contributed by atoms with van der Waals surface area (Å²) >= 11 is 10.9. The smallest absolute Gasteiger partial charge is 0.276 e. The lowest BCUT2D eigenvalue weighted by atomic mass is 10.2. The Morgan fingerprint density at radius 3 is 2.50 bits per heavy atom. The van der Waals surface area contributed by atoms with E-state index >= 15 is 0 Å². The number of methoxy groups -OCH3 is 1. The number of hydrogen-bond acceptors (Lipinski definition) is 5. The zero-order valence-corrected chi connectivity index (χ0v) is 16.5. The Labute approximate surface area is 172 Å². The topological polar surface area (TPSA) is 88.7 Å². The Balaban J connectivity index is 1.70. The molecule has 9 heteroatoms. The van der Waals surface area contributed by atoms with Crippen molar-refractivity contribution in [3.63, 3.8) is 0 Å². The molecule has 2 aromatic carbocycles. The second kappa shape index (κ2) is 10.9. The van der Waals surface area contributed by atoms with Crippen molar-refractivity contribution in [3.8, 4) is 11.5 Å². The Morgan fingerprint density at radius 1 is 1.11 bits per heavy atom. The third-order valence-corrected chi connectivity index (χ3v) is 3.81. The van der Waals surface area contributed by atoms with E-state index in [1.807, 2.05) is 0 Å². The van der Waals surface area contributed by atoms with Crippen LogP contribution in [-0.4, -0.2) is 30.6 Å². The number of carbonyl (C=O) groups excluding carboxylic acids is 2. The van der Waals surface area contributed by atoms with E-state index in [0.29, 0.717) is 10.8 Å². The maximum atomic E-state index is 11.8. The second-order valence-electron chi connectivity index (χ2n) is 5.32. The maximum Gasteiger partial charge on any atom is 0.276 e. The summed E-state index contributed by atoms with van der Waals surface area (Å²) in [6, 6.07) is 14.0. The first-order valence-electron chi connectivity index (χ1n) is 8.07. The molecule has 7 nitrogen and oxygen atoms in total. The van der Waals surface area contributed by atoms with Gasteiger partial charge in [-0.3, -0.25) is 25.8 Å². The average molecular weight is 420 g/mol. The third kappa shape index (κ3) is 7.26. The summed E-state index contributed by atoms with van der Waals surface area (Å²) in [6.07, 6.45) is 2.94. The number of carbonyl (C=O) groups is 2. The molecule has 28 heavy (non-hydrogen) atoms. The van der Waals surface area contributed by atoms with Crippen LogP contribution in [0.2, 0.25) is 5.02 Å². The van der Waals surface area contributed by atoms with Crippen LogP contribution < -0.4 is 25.6 Å². The molecule has 0 aromatic heterocycles. The van der Waals surface area contributed by atoms with Crippen molar-refractivity contribution in [3.05, 3.63) is 65.2 Å². The fraction of sp³-hybridized carbons (Fsp3) is 0.105. The molecule has 0 saturated heterocycles. The van der Waals surface area contributed by atoms with Gasteiger partial charge >= 0.3 is 0 Å². The van der Waals surface area contributed by atoms with Gasteiger partial charge in [0.15, 0.2) is 11.7 Å². The molecule has 0 saturated carbocycles. The van der Waals surface area contributed by atoms with Gasteiger partial charge in [-0.2, -0.15) is 0 Å². The standard InChI is InChI=1S/C19H18ClN3O4S/c1-26-14-9-6-13(7-10-14)8-11-17(24)21-19(28)23-22-18(25)12-27-16-5-3-2-4-15(16)20/h2-11H,12H2,1H3,(H,22,25)(H2,21,23,24,28)/b11-8+. The lowest BCUT2D eigenvalue weighted by Gasteiger charge is -2.11. The normalized spacial score (nSPS) is 10.2. The number of halogens is 1. The molecule has 146 valence electrons. The van der Waals surface area contributed by atoms with E-state index in [4.69, 9.17) is 33.3 Å². The van der Waals surface area contributed by atoms with Crippen LogP contribution in [0.5, 0.6) is 11.5 Å². The van der Waals surface area contributed by atoms with Crippen LogP contribution in [0.1, 0.15) is 5.56 Å². The molecule has 0 radical (unpaired) electrons. The monoisotopic (exact) mass is 419 g/mol. The van der Waals surface area contributed by atoms with Crippen LogP contribution in [0.4, 0.5) is 0 Å². The lowest BCUT2D eigenvalue weighted by Crippen LogP contribution is -2.49. The highest BCUT2D eigenvalue weighted by Crippen LogP contribution is 2.22. The predicted molar refractivity (Wildman–Crippen MR) is 111 cm³/mol.